The van der Waals surface area contributed by atoms with Gasteiger partial charge in [0.2, 0.25) is 5.91 Å². The van der Waals surface area contributed by atoms with Crippen LogP contribution in [-0.2, 0) is 11.0 Å². The van der Waals surface area contributed by atoms with Gasteiger partial charge in [0.15, 0.2) is 5.82 Å². The van der Waals surface area contributed by atoms with Gasteiger partial charge >= 0.3 is 6.18 Å². The van der Waals surface area contributed by atoms with Gasteiger partial charge in [0.1, 0.15) is 5.56 Å². The largest absolute Gasteiger partial charge is 0.416 e. The van der Waals surface area contributed by atoms with Crippen molar-refractivity contribution in [3.63, 3.8) is 0 Å². The number of hydrogen-bond donors (Lipinski definition) is 1. The summed E-state index contributed by atoms with van der Waals surface area (Å²) in [7, 11) is 1.59. The zero-order valence-electron chi connectivity index (χ0n) is 17.3. The van der Waals surface area contributed by atoms with Crippen molar-refractivity contribution in [3.8, 4) is 11.5 Å². The summed E-state index contributed by atoms with van der Waals surface area (Å²) in [6.07, 6.45) is 1.39. The number of aromatic nitrogens is 3. The summed E-state index contributed by atoms with van der Waals surface area (Å²) in [6, 6.07) is 8.33. The predicted octanol–water partition coefficient (Wildman–Crippen LogP) is 3.28. The minimum absolute atomic E-state index is 0.0394. The average molecular weight is 445 g/mol. The molecule has 1 fully saturated rings. The van der Waals surface area contributed by atoms with E-state index in [1.807, 2.05) is 0 Å². The minimum atomic E-state index is -4.50. The van der Waals surface area contributed by atoms with E-state index in [2.05, 4.69) is 10.4 Å². The number of carbonyl (C=O) groups excluding carboxylic acids is 2. The van der Waals surface area contributed by atoms with Crippen molar-refractivity contribution in [3.05, 3.63) is 66.1 Å². The lowest BCUT2D eigenvalue weighted by Gasteiger charge is -2.31. The number of amides is 2. The van der Waals surface area contributed by atoms with E-state index in [1.54, 1.807) is 41.0 Å². The highest BCUT2D eigenvalue weighted by molar-refractivity contribution is 5.97. The highest BCUT2D eigenvalue weighted by Crippen LogP contribution is 2.31. The first-order valence-corrected chi connectivity index (χ1v) is 10.2. The Kier molecular flexibility index (Phi) is 5.77. The average Bonchev–Trinajstić information content (AvgIpc) is 3.47. The number of nitrogens with zero attached hydrogens (tertiary/aromatic N) is 4. The molecular weight excluding hydrogens is 423 g/mol. The Morgan fingerprint density at radius 1 is 1.09 bits per heavy atom. The molecule has 1 aliphatic rings. The molecule has 0 unspecified atom stereocenters. The summed E-state index contributed by atoms with van der Waals surface area (Å²) >= 11 is 0. The number of hydrogen-bond acceptors (Lipinski definition) is 3. The second kappa shape index (κ2) is 8.52. The Labute approximate surface area is 182 Å². The quantitative estimate of drug-likeness (QED) is 0.670. The van der Waals surface area contributed by atoms with E-state index in [1.165, 1.54) is 23.0 Å². The summed E-state index contributed by atoms with van der Waals surface area (Å²) < 4.78 is 42.7. The minimum Gasteiger partial charge on any atom is -0.359 e. The zero-order chi connectivity index (χ0) is 22.9. The maximum absolute atomic E-state index is 13.3. The SMILES string of the molecule is CNC(=O)C1CCN(C(=O)c2cnn(-c3cccc(C(F)(F)F)c3)c2-n2cccc2)CC1. The Hall–Kier alpha value is -3.56. The molecule has 32 heavy (non-hydrogen) atoms. The van der Waals surface area contributed by atoms with Crippen LogP contribution < -0.4 is 5.32 Å². The number of piperidine rings is 1. The number of likely N-dealkylation sites (tertiary alicyclic amines) is 1. The Morgan fingerprint density at radius 2 is 1.78 bits per heavy atom. The summed E-state index contributed by atoms with van der Waals surface area (Å²) in [5.41, 5.74) is -0.328. The van der Waals surface area contributed by atoms with Crippen LogP contribution in [0.2, 0.25) is 0 Å². The van der Waals surface area contributed by atoms with Gasteiger partial charge in [-0.05, 0) is 43.2 Å². The van der Waals surface area contributed by atoms with Crippen molar-refractivity contribution in [1.82, 2.24) is 24.6 Å². The first-order chi connectivity index (χ1) is 15.3. The zero-order valence-corrected chi connectivity index (χ0v) is 17.3. The number of alkyl halides is 3. The molecule has 3 aromatic rings. The van der Waals surface area contributed by atoms with Gasteiger partial charge in [0, 0.05) is 38.4 Å². The van der Waals surface area contributed by atoms with E-state index in [4.69, 9.17) is 0 Å². The number of rotatable bonds is 4. The second-order valence-corrected chi connectivity index (χ2v) is 7.61. The molecule has 1 saturated heterocycles. The van der Waals surface area contributed by atoms with Gasteiger partial charge in [-0.15, -0.1) is 0 Å². The van der Waals surface area contributed by atoms with Gasteiger partial charge in [-0.2, -0.15) is 18.3 Å². The highest BCUT2D eigenvalue weighted by atomic mass is 19.4. The lowest BCUT2D eigenvalue weighted by molar-refractivity contribution is -0.137. The number of benzene rings is 1. The normalized spacial score (nSPS) is 15.1. The topological polar surface area (TPSA) is 72.2 Å². The lowest BCUT2D eigenvalue weighted by atomic mass is 9.95. The molecule has 4 rings (SSSR count). The van der Waals surface area contributed by atoms with Crippen LogP contribution in [0, 0.1) is 5.92 Å². The van der Waals surface area contributed by atoms with Crippen LogP contribution in [0.15, 0.2) is 55.0 Å². The predicted molar refractivity (Wildman–Crippen MR) is 111 cm³/mol. The highest BCUT2D eigenvalue weighted by Gasteiger charge is 2.32. The number of carbonyl (C=O) groups is 2. The third kappa shape index (κ3) is 4.12. The fourth-order valence-corrected chi connectivity index (χ4v) is 3.94. The molecule has 3 heterocycles. The molecule has 10 heteroatoms. The first-order valence-electron chi connectivity index (χ1n) is 10.2. The fraction of sp³-hybridized carbons (Fsp3) is 0.318. The summed E-state index contributed by atoms with van der Waals surface area (Å²) in [6.45, 7) is 0.827. The van der Waals surface area contributed by atoms with Gasteiger partial charge in [-0.1, -0.05) is 6.07 Å². The summed E-state index contributed by atoms with van der Waals surface area (Å²) in [4.78, 5) is 26.8. The first kappa shape index (κ1) is 21.7. The molecule has 0 atom stereocenters. The van der Waals surface area contributed by atoms with Crippen LogP contribution in [0.4, 0.5) is 13.2 Å². The van der Waals surface area contributed by atoms with E-state index in [0.717, 1.165) is 12.1 Å². The number of nitrogens with one attached hydrogen (secondary N) is 1. The van der Waals surface area contributed by atoms with Crippen molar-refractivity contribution in [2.24, 2.45) is 5.92 Å². The van der Waals surface area contributed by atoms with Crippen LogP contribution in [0.25, 0.3) is 11.5 Å². The molecule has 2 aromatic heterocycles. The second-order valence-electron chi connectivity index (χ2n) is 7.61. The molecule has 1 aromatic carbocycles. The molecule has 7 nitrogen and oxygen atoms in total. The molecule has 168 valence electrons. The molecule has 0 bridgehead atoms. The van der Waals surface area contributed by atoms with Gasteiger partial charge < -0.3 is 14.8 Å². The lowest BCUT2D eigenvalue weighted by Crippen LogP contribution is -2.42. The molecule has 1 aliphatic heterocycles. The molecule has 0 radical (unpaired) electrons. The van der Waals surface area contributed by atoms with E-state index >= 15 is 0 Å². The summed E-state index contributed by atoms with van der Waals surface area (Å²) in [5.74, 6) is -0.0988. The van der Waals surface area contributed by atoms with E-state index in [0.29, 0.717) is 31.7 Å². The van der Waals surface area contributed by atoms with Gasteiger partial charge in [-0.3, -0.25) is 9.59 Å². The Balaban J connectivity index is 1.69. The van der Waals surface area contributed by atoms with Crippen molar-refractivity contribution in [1.29, 1.82) is 0 Å². The van der Waals surface area contributed by atoms with E-state index < -0.39 is 11.7 Å². The van der Waals surface area contributed by atoms with Gasteiger partial charge in [0.05, 0.1) is 17.4 Å². The molecule has 0 aliphatic carbocycles. The smallest absolute Gasteiger partial charge is 0.359 e. The van der Waals surface area contributed by atoms with Crippen LogP contribution in [0.5, 0.6) is 0 Å². The molecule has 0 saturated carbocycles. The third-order valence-electron chi connectivity index (χ3n) is 5.64. The van der Waals surface area contributed by atoms with Crippen LogP contribution >= 0.6 is 0 Å². The molecule has 1 N–H and O–H groups in total. The van der Waals surface area contributed by atoms with Crippen LogP contribution in [0.1, 0.15) is 28.8 Å². The van der Waals surface area contributed by atoms with Crippen LogP contribution in [-0.4, -0.2) is 51.2 Å². The Bertz CT molecular complexity index is 1110. The molecule has 2 amide bonds. The van der Waals surface area contributed by atoms with Crippen molar-refractivity contribution >= 4 is 11.8 Å². The van der Waals surface area contributed by atoms with Gasteiger partial charge in [-0.25, -0.2) is 4.68 Å². The van der Waals surface area contributed by atoms with Crippen LogP contribution in [0.3, 0.4) is 0 Å². The maximum atomic E-state index is 13.3. The summed E-state index contributed by atoms with van der Waals surface area (Å²) in [5, 5.41) is 6.89. The third-order valence-corrected chi connectivity index (χ3v) is 5.64. The monoisotopic (exact) mass is 445 g/mol. The van der Waals surface area contributed by atoms with Crippen molar-refractivity contribution < 1.29 is 22.8 Å². The Morgan fingerprint density at radius 3 is 2.41 bits per heavy atom. The van der Waals surface area contributed by atoms with Gasteiger partial charge in [0.25, 0.3) is 5.91 Å². The number of halogens is 3. The fourth-order valence-electron chi connectivity index (χ4n) is 3.94. The maximum Gasteiger partial charge on any atom is 0.416 e. The molecular formula is C22H22F3N5O2. The van der Waals surface area contributed by atoms with Crippen molar-refractivity contribution in [2.45, 2.75) is 19.0 Å². The molecule has 0 spiro atoms. The van der Waals surface area contributed by atoms with E-state index in [9.17, 15) is 22.8 Å². The standard InChI is InChI=1S/C22H22F3N5O2/c1-26-19(31)15-7-11-29(12-8-15)21(32)18-14-27-30(20(18)28-9-2-3-10-28)17-6-4-5-16(13-17)22(23,24)25/h2-6,9-10,13-15H,7-8,11-12H2,1H3,(H,26,31). The van der Waals surface area contributed by atoms with Crippen molar-refractivity contribution in [2.75, 3.05) is 20.1 Å². The van der Waals surface area contributed by atoms with E-state index in [-0.39, 0.29) is 29.0 Å².